The Morgan fingerprint density at radius 2 is 1.44 bits per heavy atom. The summed E-state index contributed by atoms with van der Waals surface area (Å²) in [6, 6.07) is 11.4. The van der Waals surface area contributed by atoms with Gasteiger partial charge in [-0.3, -0.25) is 4.79 Å². The van der Waals surface area contributed by atoms with E-state index in [1.807, 2.05) is 90.0 Å². The second-order valence-corrected chi connectivity index (χ2v) is 9.74. The summed E-state index contributed by atoms with van der Waals surface area (Å²) in [4.78, 5) is 27.1. The van der Waals surface area contributed by atoms with Crippen LogP contribution in [-0.4, -0.2) is 37.0 Å². The van der Waals surface area contributed by atoms with Crippen LogP contribution in [0.1, 0.15) is 61.7 Å². The Kier molecular flexibility index (Phi) is 7.55. The third kappa shape index (κ3) is 6.71. The molecule has 0 aliphatic carbocycles. The van der Waals surface area contributed by atoms with E-state index in [4.69, 9.17) is 9.47 Å². The van der Waals surface area contributed by atoms with Crippen LogP contribution < -0.4 is 9.64 Å². The third-order valence-electron chi connectivity index (χ3n) is 4.83. The van der Waals surface area contributed by atoms with Crippen LogP contribution in [0.15, 0.2) is 42.5 Å². The molecule has 2 aromatic rings. The van der Waals surface area contributed by atoms with Gasteiger partial charge in [0.2, 0.25) is 0 Å². The number of hydrogen-bond donors (Lipinski definition) is 0. The SMILES string of the molecule is Cc1cc(/C=C/C(=O)c2ccc(N(C)C)cc2)cc(C)c1OC(C)(C)C(=O)OC(C)(C)C. The molecule has 0 aliphatic rings. The fourth-order valence-corrected chi connectivity index (χ4v) is 3.13. The zero-order valence-electron chi connectivity index (χ0n) is 20.7. The van der Waals surface area contributed by atoms with Crippen molar-refractivity contribution < 1.29 is 19.1 Å². The van der Waals surface area contributed by atoms with Gasteiger partial charge in [-0.2, -0.15) is 0 Å². The number of anilines is 1. The van der Waals surface area contributed by atoms with Gasteiger partial charge in [0.25, 0.3) is 0 Å². The van der Waals surface area contributed by atoms with E-state index < -0.39 is 17.2 Å². The van der Waals surface area contributed by atoms with Gasteiger partial charge in [0.15, 0.2) is 11.4 Å². The topological polar surface area (TPSA) is 55.8 Å². The Morgan fingerprint density at radius 3 is 1.91 bits per heavy atom. The molecule has 2 aromatic carbocycles. The minimum Gasteiger partial charge on any atom is -0.476 e. The molecule has 0 amide bonds. The second-order valence-electron chi connectivity index (χ2n) is 9.74. The molecule has 2 rings (SSSR count). The summed E-state index contributed by atoms with van der Waals surface area (Å²) < 4.78 is 11.6. The number of benzene rings is 2. The Bertz CT molecular complexity index is 986. The third-order valence-corrected chi connectivity index (χ3v) is 4.83. The number of nitrogens with zero attached hydrogens (tertiary/aromatic N) is 1. The molecule has 0 radical (unpaired) electrons. The van der Waals surface area contributed by atoms with Crippen LogP contribution in [0, 0.1) is 13.8 Å². The van der Waals surface area contributed by atoms with E-state index >= 15 is 0 Å². The first kappa shape index (κ1) is 25.2. The monoisotopic (exact) mass is 437 g/mol. The number of carbonyl (C=O) groups excluding carboxylic acids is 2. The highest BCUT2D eigenvalue weighted by Gasteiger charge is 2.35. The van der Waals surface area contributed by atoms with Crippen molar-refractivity contribution >= 4 is 23.5 Å². The maximum atomic E-state index is 12.5. The lowest BCUT2D eigenvalue weighted by molar-refractivity contribution is -0.171. The molecule has 0 atom stereocenters. The second kappa shape index (κ2) is 9.60. The zero-order chi connectivity index (χ0) is 24.3. The summed E-state index contributed by atoms with van der Waals surface area (Å²) in [6.45, 7) is 12.7. The van der Waals surface area contributed by atoms with Crippen molar-refractivity contribution in [3.05, 3.63) is 64.7 Å². The van der Waals surface area contributed by atoms with Gasteiger partial charge in [0.1, 0.15) is 11.4 Å². The number of allylic oxidation sites excluding steroid dienone is 1. The van der Waals surface area contributed by atoms with E-state index in [0.29, 0.717) is 11.3 Å². The highest BCUT2D eigenvalue weighted by molar-refractivity contribution is 6.07. The molecular weight excluding hydrogens is 402 g/mol. The Morgan fingerprint density at radius 1 is 0.906 bits per heavy atom. The fourth-order valence-electron chi connectivity index (χ4n) is 3.13. The van der Waals surface area contributed by atoms with Gasteiger partial charge in [0.05, 0.1) is 0 Å². The van der Waals surface area contributed by atoms with Crippen LogP contribution in [0.25, 0.3) is 6.08 Å². The molecule has 0 unspecified atom stereocenters. The van der Waals surface area contributed by atoms with Gasteiger partial charge >= 0.3 is 5.97 Å². The minimum atomic E-state index is -1.13. The van der Waals surface area contributed by atoms with E-state index in [9.17, 15) is 9.59 Å². The van der Waals surface area contributed by atoms with Gasteiger partial charge in [-0.25, -0.2) is 4.79 Å². The maximum absolute atomic E-state index is 12.5. The van der Waals surface area contributed by atoms with E-state index in [0.717, 1.165) is 22.4 Å². The first-order valence-corrected chi connectivity index (χ1v) is 10.7. The fraction of sp³-hybridized carbons (Fsp3) is 0.407. The summed E-state index contributed by atoms with van der Waals surface area (Å²) in [5, 5.41) is 0. The van der Waals surface area contributed by atoms with Crippen molar-refractivity contribution in [2.75, 3.05) is 19.0 Å². The molecule has 0 saturated carbocycles. The standard InChI is InChI=1S/C27H35NO4/c1-18-16-20(10-15-23(29)21-11-13-22(14-12-21)28(8)9)17-19(2)24(18)31-27(6,7)25(30)32-26(3,4)5/h10-17H,1-9H3/b15-10+. The van der Waals surface area contributed by atoms with E-state index in [2.05, 4.69) is 0 Å². The molecule has 172 valence electrons. The van der Waals surface area contributed by atoms with Crippen molar-refractivity contribution in [3.8, 4) is 5.75 Å². The van der Waals surface area contributed by atoms with E-state index in [1.165, 1.54) is 0 Å². The molecule has 5 heteroatoms. The van der Waals surface area contributed by atoms with Gasteiger partial charge in [-0.05, 0) is 108 Å². The van der Waals surface area contributed by atoms with E-state index in [-0.39, 0.29) is 5.78 Å². The van der Waals surface area contributed by atoms with Crippen LogP contribution in [0.4, 0.5) is 5.69 Å². The first-order chi connectivity index (χ1) is 14.7. The lowest BCUT2D eigenvalue weighted by Gasteiger charge is -2.30. The molecule has 5 nitrogen and oxygen atoms in total. The van der Waals surface area contributed by atoms with Gasteiger partial charge in [-0.1, -0.05) is 6.08 Å². The van der Waals surface area contributed by atoms with Crippen molar-refractivity contribution in [1.29, 1.82) is 0 Å². The maximum Gasteiger partial charge on any atom is 0.350 e. The Hall–Kier alpha value is -3.08. The summed E-state index contributed by atoms with van der Waals surface area (Å²) in [7, 11) is 3.92. The minimum absolute atomic E-state index is 0.0583. The first-order valence-electron chi connectivity index (χ1n) is 10.7. The lowest BCUT2D eigenvalue weighted by atomic mass is 10.0. The number of ether oxygens (including phenoxy) is 2. The molecular formula is C27H35NO4. The molecule has 0 saturated heterocycles. The molecule has 32 heavy (non-hydrogen) atoms. The summed E-state index contributed by atoms with van der Waals surface area (Å²) in [5.41, 5.74) is 2.61. The van der Waals surface area contributed by atoms with Crippen molar-refractivity contribution in [2.45, 2.75) is 59.7 Å². The highest BCUT2D eigenvalue weighted by atomic mass is 16.6. The Balaban J connectivity index is 2.18. The predicted molar refractivity (Wildman–Crippen MR) is 131 cm³/mol. The molecule has 0 aliphatic heterocycles. The molecule has 0 fully saturated rings. The van der Waals surface area contributed by atoms with Crippen LogP contribution in [0.3, 0.4) is 0 Å². The number of aryl methyl sites for hydroxylation is 2. The quantitative estimate of drug-likeness (QED) is 0.313. The summed E-state index contributed by atoms with van der Waals surface area (Å²) in [6.07, 6.45) is 3.37. The molecule has 0 spiro atoms. The summed E-state index contributed by atoms with van der Waals surface area (Å²) >= 11 is 0. The van der Waals surface area contributed by atoms with Crippen LogP contribution >= 0.6 is 0 Å². The molecule has 0 bridgehead atoms. The average Bonchev–Trinajstić information content (AvgIpc) is 2.67. The molecule has 0 heterocycles. The van der Waals surface area contributed by atoms with Crippen molar-refractivity contribution in [3.63, 3.8) is 0 Å². The zero-order valence-corrected chi connectivity index (χ0v) is 20.7. The smallest absolute Gasteiger partial charge is 0.350 e. The van der Waals surface area contributed by atoms with Crippen LogP contribution in [0.2, 0.25) is 0 Å². The van der Waals surface area contributed by atoms with E-state index in [1.54, 1.807) is 26.0 Å². The number of carbonyl (C=O) groups is 2. The largest absolute Gasteiger partial charge is 0.476 e. The van der Waals surface area contributed by atoms with Gasteiger partial charge in [0, 0.05) is 25.3 Å². The normalized spacial score (nSPS) is 12.0. The lowest BCUT2D eigenvalue weighted by Crippen LogP contribution is -2.43. The number of esters is 1. The summed E-state index contributed by atoms with van der Waals surface area (Å²) in [5.74, 6) is 0.166. The van der Waals surface area contributed by atoms with Crippen LogP contribution in [0.5, 0.6) is 5.75 Å². The molecule has 0 aromatic heterocycles. The van der Waals surface area contributed by atoms with Gasteiger partial charge in [-0.15, -0.1) is 0 Å². The van der Waals surface area contributed by atoms with Crippen molar-refractivity contribution in [2.24, 2.45) is 0 Å². The highest BCUT2D eigenvalue weighted by Crippen LogP contribution is 2.30. The van der Waals surface area contributed by atoms with Crippen molar-refractivity contribution in [1.82, 2.24) is 0 Å². The predicted octanol–water partition coefficient (Wildman–Crippen LogP) is 5.76. The Labute approximate surface area is 192 Å². The average molecular weight is 438 g/mol. The van der Waals surface area contributed by atoms with Gasteiger partial charge < -0.3 is 14.4 Å². The number of rotatable bonds is 7. The van der Waals surface area contributed by atoms with Crippen LogP contribution in [-0.2, 0) is 9.53 Å². The number of ketones is 1. The number of hydrogen-bond acceptors (Lipinski definition) is 5. The molecule has 0 N–H and O–H groups in total.